The maximum Gasteiger partial charge on any atom is 0.224 e. The predicted molar refractivity (Wildman–Crippen MR) is 83.6 cm³/mol. The summed E-state index contributed by atoms with van der Waals surface area (Å²) in [6, 6.07) is 6.26. The first-order chi connectivity index (χ1) is 9.27. The molecule has 0 aliphatic carbocycles. The van der Waals surface area contributed by atoms with Crippen LogP contribution >= 0.6 is 0 Å². The number of carbonyl (C=O) groups is 1. The minimum Gasteiger partial charge on any atom is -0.326 e. The zero-order chi connectivity index (χ0) is 14.9. The molecule has 1 aliphatic rings. The van der Waals surface area contributed by atoms with Crippen LogP contribution < -0.4 is 11.1 Å². The van der Waals surface area contributed by atoms with E-state index in [2.05, 4.69) is 39.1 Å². The fourth-order valence-electron chi connectivity index (χ4n) is 2.50. The number of rotatable bonds is 3. The van der Waals surface area contributed by atoms with Crippen molar-refractivity contribution in [2.45, 2.75) is 53.0 Å². The highest BCUT2D eigenvalue weighted by molar-refractivity contribution is 5.93. The van der Waals surface area contributed by atoms with Crippen molar-refractivity contribution in [3.63, 3.8) is 0 Å². The Bertz CT molecular complexity index is 502. The molecule has 1 aromatic carbocycles. The Hall–Kier alpha value is -1.35. The van der Waals surface area contributed by atoms with Crippen LogP contribution in [0.2, 0.25) is 0 Å². The van der Waals surface area contributed by atoms with E-state index in [9.17, 15) is 4.79 Å². The van der Waals surface area contributed by atoms with Crippen LogP contribution in [-0.4, -0.2) is 5.91 Å². The Morgan fingerprint density at radius 2 is 2.00 bits per heavy atom. The van der Waals surface area contributed by atoms with Crippen LogP contribution in [-0.2, 0) is 11.2 Å². The molecule has 20 heavy (non-hydrogen) atoms. The van der Waals surface area contributed by atoms with Gasteiger partial charge in [0.05, 0.1) is 0 Å². The molecule has 0 saturated heterocycles. The van der Waals surface area contributed by atoms with Crippen molar-refractivity contribution in [1.29, 1.82) is 0 Å². The first-order valence-electron chi connectivity index (χ1n) is 7.45. The third-order valence-corrected chi connectivity index (χ3v) is 4.54. The van der Waals surface area contributed by atoms with Gasteiger partial charge in [-0.15, -0.1) is 0 Å². The molecule has 3 N–H and O–H groups in total. The maximum absolute atomic E-state index is 11.4. The van der Waals surface area contributed by atoms with E-state index in [-0.39, 0.29) is 17.4 Å². The molecule has 2 rings (SSSR count). The van der Waals surface area contributed by atoms with Gasteiger partial charge >= 0.3 is 0 Å². The highest BCUT2D eigenvalue weighted by Crippen LogP contribution is 2.33. The van der Waals surface area contributed by atoms with Crippen LogP contribution in [0.3, 0.4) is 0 Å². The predicted octanol–water partition coefficient (Wildman–Crippen LogP) is 3.64. The second-order valence-corrected chi connectivity index (χ2v) is 7.07. The molecule has 0 saturated carbocycles. The molecule has 2 atom stereocenters. The lowest BCUT2D eigenvalue weighted by Crippen LogP contribution is -2.24. The highest BCUT2D eigenvalue weighted by atomic mass is 16.1. The summed E-state index contributed by atoms with van der Waals surface area (Å²) >= 11 is 0. The fraction of sp³-hybridized carbons (Fsp3) is 0.588. The average molecular weight is 274 g/mol. The van der Waals surface area contributed by atoms with E-state index in [1.165, 1.54) is 11.1 Å². The SMILES string of the molecule is CC(CC(N)c1ccc2c(c1)CCC(=O)N2)C(C)(C)C. The third kappa shape index (κ3) is 3.40. The number of anilines is 1. The topological polar surface area (TPSA) is 55.1 Å². The lowest BCUT2D eigenvalue weighted by Gasteiger charge is -2.30. The van der Waals surface area contributed by atoms with Crippen molar-refractivity contribution in [1.82, 2.24) is 0 Å². The summed E-state index contributed by atoms with van der Waals surface area (Å²) in [7, 11) is 0. The molecule has 0 aromatic heterocycles. The van der Waals surface area contributed by atoms with Gasteiger partial charge < -0.3 is 11.1 Å². The normalized spacial score (nSPS) is 18.1. The van der Waals surface area contributed by atoms with Gasteiger partial charge in [-0.05, 0) is 41.4 Å². The van der Waals surface area contributed by atoms with Crippen LogP contribution in [0.5, 0.6) is 0 Å². The summed E-state index contributed by atoms with van der Waals surface area (Å²) in [5.41, 5.74) is 9.97. The molecule has 0 spiro atoms. The summed E-state index contributed by atoms with van der Waals surface area (Å²) in [6.45, 7) is 9.03. The lowest BCUT2D eigenvalue weighted by atomic mass is 9.77. The number of aryl methyl sites for hydroxylation is 1. The van der Waals surface area contributed by atoms with Crippen molar-refractivity contribution in [3.05, 3.63) is 29.3 Å². The highest BCUT2D eigenvalue weighted by Gasteiger charge is 2.23. The summed E-state index contributed by atoms with van der Waals surface area (Å²) in [5, 5.41) is 2.91. The van der Waals surface area contributed by atoms with Gasteiger partial charge in [-0.3, -0.25) is 4.79 Å². The number of carbonyl (C=O) groups excluding carboxylic acids is 1. The van der Waals surface area contributed by atoms with Gasteiger partial charge in [-0.25, -0.2) is 0 Å². The number of hydrogen-bond acceptors (Lipinski definition) is 2. The Morgan fingerprint density at radius 3 is 2.65 bits per heavy atom. The van der Waals surface area contributed by atoms with Crippen molar-refractivity contribution in [2.24, 2.45) is 17.1 Å². The minimum absolute atomic E-state index is 0.0622. The minimum atomic E-state index is 0.0622. The monoisotopic (exact) mass is 274 g/mol. The van der Waals surface area contributed by atoms with Gasteiger partial charge in [0, 0.05) is 18.2 Å². The molecule has 1 aromatic rings. The van der Waals surface area contributed by atoms with E-state index in [0.29, 0.717) is 12.3 Å². The maximum atomic E-state index is 11.4. The van der Waals surface area contributed by atoms with Gasteiger partial charge in [0.25, 0.3) is 0 Å². The number of nitrogens with two attached hydrogens (primary N) is 1. The number of benzene rings is 1. The average Bonchev–Trinajstić information content (AvgIpc) is 2.36. The largest absolute Gasteiger partial charge is 0.326 e. The second kappa shape index (κ2) is 5.57. The van der Waals surface area contributed by atoms with Crippen LogP contribution in [0, 0.1) is 11.3 Å². The molecule has 1 aliphatic heterocycles. The molecular formula is C17H26N2O. The van der Waals surface area contributed by atoms with Gasteiger partial charge in [0.15, 0.2) is 0 Å². The van der Waals surface area contributed by atoms with Crippen LogP contribution in [0.25, 0.3) is 0 Å². The molecule has 110 valence electrons. The van der Waals surface area contributed by atoms with E-state index in [4.69, 9.17) is 5.73 Å². The van der Waals surface area contributed by atoms with E-state index in [0.717, 1.165) is 18.5 Å². The molecule has 3 heteroatoms. The van der Waals surface area contributed by atoms with E-state index >= 15 is 0 Å². The Kier molecular flexibility index (Phi) is 4.19. The van der Waals surface area contributed by atoms with Crippen LogP contribution in [0.4, 0.5) is 5.69 Å². The molecular weight excluding hydrogens is 248 g/mol. The number of amides is 1. The van der Waals surface area contributed by atoms with Crippen molar-refractivity contribution >= 4 is 11.6 Å². The van der Waals surface area contributed by atoms with Gasteiger partial charge in [0.2, 0.25) is 5.91 Å². The Morgan fingerprint density at radius 1 is 1.30 bits per heavy atom. The molecule has 2 unspecified atom stereocenters. The molecule has 1 amide bonds. The van der Waals surface area contributed by atoms with Crippen LogP contribution in [0.1, 0.15) is 57.7 Å². The van der Waals surface area contributed by atoms with E-state index in [1.807, 2.05) is 12.1 Å². The number of nitrogens with one attached hydrogen (secondary N) is 1. The first-order valence-corrected chi connectivity index (χ1v) is 7.45. The van der Waals surface area contributed by atoms with Crippen molar-refractivity contribution in [2.75, 3.05) is 5.32 Å². The smallest absolute Gasteiger partial charge is 0.224 e. The standard InChI is InChI=1S/C17H26N2O/c1-11(17(2,3)4)9-14(18)12-5-7-15-13(10-12)6-8-16(20)19-15/h5,7,10-11,14H,6,8-9,18H2,1-4H3,(H,19,20). The number of fused-ring (bicyclic) bond motifs is 1. The van der Waals surface area contributed by atoms with Gasteiger partial charge in [0.1, 0.15) is 0 Å². The zero-order valence-corrected chi connectivity index (χ0v) is 13.0. The fourth-order valence-corrected chi connectivity index (χ4v) is 2.50. The Balaban J connectivity index is 2.12. The number of hydrogen-bond donors (Lipinski definition) is 2. The zero-order valence-electron chi connectivity index (χ0n) is 13.0. The first kappa shape index (κ1) is 15.0. The molecule has 0 bridgehead atoms. The molecule has 0 radical (unpaired) electrons. The van der Waals surface area contributed by atoms with Crippen molar-refractivity contribution < 1.29 is 4.79 Å². The van der Waals surface area contributed by atoms with E-state index in [1.54, 1.807) is 0 Å². The molecule has 1 heterocycles. The summed E-state index contributed by atoms with van der Waals surface area (Å²) < 4.78 is 0. The Labute approximate surface area is 121 Å². The summed E-state index contributed by atoms with van der Waals surface area (Å²) in [4.78, 5) is 11.4. The second-order valence-electron chi connectivity index (χ2n) is 7.07. The summed E-state index contributed by atoms with van der Waals surface area (Å²) in [5.74, 6) is 0.670. The molecule has 0 fully saturated rings. The van der Waals surface area contributed by atoms with Crippen LogP contribution in [0.15, 0.2) is 18.2 Å². The summed E-state index contributed by atoms with van der Waals surface area (Å²) in [6.07, 6.45) is 2.37. The third-order valence-electron chi connectivity index (χ3n) is 4.54. The van der Waals surface area contributed by atoms with Gasteiger partial charge in [-0.2, -0.15) is 0 Å². The van der Waals surface area contributed by atoms with E-state index < -0.39 is 0 Å². The molecule has 3 nitrogen and oxygen atoms in total. The van der Waals surface area contributed by atoms with Gasteiger partial charge in [-0.1, -0.05) is 39.8 Å². The van der Waals surface area contributed by atoms with Crippen molar-refractivity contribution in [3.8, 4) is 0 Å². The lowest BCUT2D eigenvalue weighted by molar-refractivity contribution is -0.116. The quantitative estimate of drug-likeness (QED) is 0.884.